The van der Waals surface area contributed by atoms with Gasteiger partial charge >= 0.3 is 0 Å². The topological polar surface area (TPSA) is 53.7 Å². The number of benzene rings is 1. The Bertz CT molecular complexity index is 646. The number of carbonyl (C=O) groups is 1. The van der Waals surface area contributed by atoms with Gasteiger partial charge in [-0.05, 0) is 48.6 Å². The van der Waals surface area contributed by atoms with Crippen LogP contribution < -0.4 is 0 Å². The monoisotopic (exact) mass is 347 g/mol. The summed E-state index contributed by atoms with van der Waals surface area (Å²) in [5, 5.41) is 11.2. The van der Waals surface area contributed by atoms with Crippen molar-refractivity contribution in [3.63, 3.8) is 0 Å². The van der Waals surface area contributed by atoms with Crippen molar-refractivity contribution in [1.82, 2.24) is 4.90 Å². The molecule has 1 aromatic carbocycles. The van der Waals surface area contributed by atoms with Crippen LogP contribution in [0, 0.1) is 5.92 Å². The van der Waals surface area contributed by atoms with Crippen LogP contribution in [-0.2, 0) is 11.2 Å². The summed E-state index contributed by atoms with van der Waals surface area (Å²) in [4.78, 5) is 14.2. The van der Waals surface area contributed by atoms with E-state index in [9.17, 15) is 9.90 Å². The van der Waals surface area contributed by atoms with Crippen LogP contribution in [-0.4, -0.2) is 29.0 Å². The van der Waals surface area contributed by atoms with Crippen molar-refractivity contribution in [2.45, 2.75) is 31.8 Å². The van der Waals surface area contributed by atoms with Gasteiger partial charge in [0.2, 0.25) is 5.91 Å². The number of aryl methyl sites for hydroxylation is 1. The lowest BCUT2D eigenvalue weighted by molar-refractivity contribution is -0.133. The number of likely N-dealkylation sites (tertiary alicyclic amines) is 1. The van der Waals surface area contributed by atoms with E-state index < -0.39 is 6.10 Å². The second kappa shape index (κ2) is 7.86. The second-order valence-corrected chi connectivity index (χ2v) is 6.73. The number of piperidine rings is 1. The van der Waals surface area contributed by atoms with Crippen LogP contribution in [0.2, 0.25) is 5.02 Å². The van der Waals surface area contributed by atoms with E-state index in [0.29, 0.717) is 31.0 Å². The summed E-state index contributed by atoms with van der Waals surface area (Å²) >= 11 is 5.89. The van der Waals surface area contributed by atoms with Gasteiger partial charge in [0.15, 0.2) is 0 Å². The molecule has 0 radical (unpaired) electrons. The lowest BCUT2D eigenvalue weighted by atomic mass is 9.87. The van der Waals surface area contributed by atoms with E-state index >= 15 is 0 Å². The highest BCUT2D eigenvalue weighted by Gasteiger charge is 2.28. The van der Waals surface area contributed by atoms with Crippen LogP contribution in [0.1, 0.15) is 36.7 Å². The minimum absolute atomic E-state index is 0.158. The van der Waals surface area contributed by atoms with Crippen LogP contribution in [0.25, 0.3) is 0 Å². The zero-order valence-corrected chi connectivity index (χ0v) is 14.3. The molecule has 0 spiro atoms. The summed E-state index contributed by atoms with van der Waals surface area (Å²) in [7, 11) is 0. The van der Waals surface area contributed by atoms with Crippen molar-refractivity contribution < 1.29 is 14.3 Å². The molecule has 0 aliphatic carbocycles. The molecule has 1 amide bonds. The highest BCUT2D eigenvalue weighted by Crippen LogP contribution is 2.31. The van der Waals surface area contributed by atoms with E-state index in [1.807, 2.05) is 29.2 Å². The number of nitrogens with zero attached hydrogens (tertiary/aromatic N) is 1. The number of furan rings is 1. The highest BCUT2D eigenvalue weighted by atomic mass is 35.5. The molecule has 0 bridgehead atoms. The van der Waals surface area contributed by atoms with Gasteiger partial charge in [-0.2, -0.15) is 0 Å². The first kappa shape index (κ1) is 17.1. The van der Waals surface area contributed by atoms with Crippen LogP contribution in [0.4, 0.5) is 0 Å². The van der Waals surface area contributed by atoms with Gasteiger partial charge in [-0.1, -0.05) is 23.7 Å². The van der Waals surface area contributed by atoms with Crippen molar-refractivity contribution in [2.24, 2.45) is 5.92 Å². The Hall–Kier alpha value is -1.78. The molecule has 4 nitrogen and oxygen atoms in total. The quantitative estimate of drug-likeness (QED) is 0.894. The molecule has 1 atom stereocenters. The molecule has 1 aliphatic heterocycles. The number of carbonyl (C=O) groups excluding carboxylic acids is 1. The SMILES string of the molecule is O=C(CCc1ccco1)N1CCC([C@@H](O)c2ccc(Cl)cc2)CC1. The average Bonchev–Trinajstić information content (AvgIpc) is 3.13. The standard InChI is InChI=1S/C19H22ClNO3/c20-16-5-3-14(4-6-16)19(23)15-9-11-21(12-10-15)18(22)8-7-17-2-1-13-24-17/h1-6,13,15,19,23H,7-12H2/t19-/m0/s1. The Balaban J connectivity index is 1.48. The van der Waals surface area contributed by atoms with Crippen LogP contribution in [0.15, 0.2) is 47.1 Å². The number of halogens is 1. The van der Waals surface area contributed by atoms with E-state index in [0.717, 1.165) is 24.2 Å². The van der Waals surface area contributed by atoms with Gasteiger partial charge in [-0.15, -0.1) is 0 Å². The largest absolute Gasteiger partial charge is 0.469 e. The first-order chi connectivity index (χ1) is 11.6. The number of hydrogen-bond donors (Lipinski definition) is 1. The maximum Gasteiger partial charge on any atom is 0.223 e. The van der Waals surface area contributed by atoms with Crippen molar-refractivity contribution >= 4 is 17.5 Å². The van der Waals surface area contributed by atoms with E-state index in [-0.39, 0.29) is 11.8 Å². The molecule has 5 heteroatoms. The summed E-state index contributed by atoms with van der Waals surface area (Å²) < 4.78 is 5.26. The zero-order valence-electron chi connectivity index (χ0n) is 13.5. The molecule has 3 rings (SSSR count). The van der Waals surface area contributed by atoms with E-state index in [4.69, 9.17) is 16.0 Å². The van der Waals surface area contributed by atoms with Crippen molar-refractivity contribution in [3.8, 4) is 0 Å². The third-order valence-corrected chi connectivity index (χ3v) is 4.97. The van der Waals surface area contributed by atoms with Crippen molar-refractivity contribution in [3.05, 3.63) is 59.0 Å². The molecular formula is C19H22ClNO3. The van der Waals surface area contributed by atoms with Gasteiger partial charge in [0, 0.05) is 31.0 Å². The van der Waals surface area contributed by atoms with E-state index in [2.05, 4.69) is 0 Å². The predicted molar refractivity (Wildman–Crippen MR) is 92.7 cm³/mol. The first-order valence-corrected chi connectivity index (χ1v) is 8.75. The maximum atomic E-state index is 12.3. The van der Waals surface area contributed by atoms with Gasteiger partial charge in [0.25, 0.3) is 0 Å². The fraction of sp³-hybridized carbons (Fsp3) is 0.421. The summed E-state index contributed by atoms with van der Waals surface area (Å²) in [5.41, 5.74) is 0.891. The normalized spacial score (nSPS) is 17.0. The number of amides is 1. The zero-order chi connectivity index (χ0) is 16.9. The van der Waals surface area contributed by atoms with Crippen LogP contribution in [0.3, 0.4) is 0 Å². The Kier molecular flexibility index (Phi) is 5.59. The molecule has 1 saturated heterocycles. The predicted octanol–water partition coefficient (Wildman–Crippen LogP) is 3.84. The Labute approximate surface area is 147 Å². The fourth-order valence-corrected chi connectivity index (χ4v) is 3.37. The molecular weight excluding hydrogens is 326 g/mol. The van der Waals surface area contributed by atoms with Crippen molar-refractivity contribution in [2.75, 3.05) is 13.1 Å². The number of aliphatic hydroxyl groups is 1. The number of aliphatic hydroxyl groups excluding tert-OH is 1. The molecule has 0 saturated carbocycles. The molecule has 1 N–H and O–H groups in total. The second-order valence-electron chi connectivity index (χ2n) is 6.29. The van der Waals surface area contributed by atoms with Crippen LogP contribution >= 0.6 is 11.6 Å². The summed E-state index contributed by atoms with van der Waals surface area (Å²) in [6, 6.07) is 11.1. The molecule has 2 heterocycles. The molecule has 2 aromatic rings. The lowest BCUT2D eigenvalue weighted by Crippen LogP contribution is -2.39. The third kappa shape index (κ3) is 4.19. The molecule has 1 fully saturated rings. The third-order valence-electron chi connectivity index (χ3n) is 4.72. The Morgan fingerprint density at radius 3 is 2.58 bits per heavy atom. The highest BCUT2D eigenvalue weighted by molar-refractivity contribution is 6.30. The molecule has 0 unspecified atom stereocenters. The first-order valence-electron chi connectivity index (χ1n) is 8.37. The molecule has 1 aliphatic rings. The summed E-state index contributed by atoms with van der Waals surface area (Å²) in [6.07, 6.45) is 3.87. The van der Waals surface area contributed by atoms with Crippen LogP contribution in [0.5, 0.6) is 0 Å². The average molecular weight is 348 g/mol. The summed E-state index contributed by atoms with van der Waals surface area (Å²) in [5.74, 6) is 1.18. The number of rotatable bonds is 5. The van der Waals surface area contributed by atoms with Gasteiger partial charge < -0.3 is 14.4 Å². The Morgan fingerprint density at radius 1 is 1.25 bits per heavy atom. The minimum atomic E-state index is -0.498. The number of hydrogen-bond acceptors (Lipinski definition) is 3. The van der Waals surface area contributed by atoms with E-state index in [1.165, 1.54) is 0 Å². The molecule has 128 valence electrons. The van der Waals surface area contributed by atoms with Gasteiger partial charge in [-0.3, -0.25) is 4.79 Å². The van der Waals surface area contributed by atoms with Gasteiger partial charge in [0.1, 0.15) is 5.76 Å². The van der Waals surface area contributed by atoms with Gasteiger partial charge in [-0.25, -0.2) is 0 Å². The minimum Gasteiger partial charge on any atom is -0.469 e. The van der Waals surface area contributed by atoms with Crippen molar-refractivity contribution in [1.29, 1.82) is 0 Å². The Morgan fingerprint density at radius 2 is 1.96 bits per heavy atom. The molecule has 24 heavy (non-hydrogen) atoms. The fourth-order valence-electron chi connectivity index (χ4n) is 3.24. The smallest absolute Gasteiger partial charge is 0.223 e. The lowest BCUT2D eigenvalue weighted by Gasteiger charge is -2.34. The maximum absolute atomic E-state index is 12.3. The molecule has 1 aromatic heterocycles. The van der Waals surface area contributed by atoms with E-state index in [1.54, 1.807) is 18.4 Å². The van der Waals surface area contributed by atoms with Gasteiger partial charge in [0.05, 0.1) is 12.4 Å². The summed E-state index contributed by atoms with van der Waals surface area (Å²) in [6.45, 7) is 1.40.